The fraction of sp³-hybridized carbons (Fsp3) is 0.381. The van der Waals surface area contributed by atoms with Gasteiger partial charge in [-0.3, -0.25) is 10.2 Å². The van der Waals surface area contributed by atoms with Gasteiger partial charge in [-0.25, -0.2) is 5.84 Å². The van der Waals surface area contributed by atoms with Gasteiger partial charge in [0.05, 0.1) is 0 Å². The van der Waals surface area contributed by atoms with Crippen LogP contribution >= 0.6 is 0 Å². The molecule has 3 N–H and O–H groups in total. The van der Waals surface area contributed by atoms with Gasteiger partial charge in [0.1, 0.15) is 0 Å². The lowest BCUT2D eigenvalue weighted by Crippen LogP contribution is -2.32. The zero-order chi connectivity index (χ0) is 18.1. The zero-order valence-electron chi connectivity index (χ0n) is 15.5. The van der Waals surface area contributed by atoms with Gasteiger partial charge < -0.3 is 0 Å². The van der Waals surface area contributed by atoms with Gasteiger partial charge in [0.2, 0.25) is 0 Å². The molecule has 2 aromatic carbocycles. The average molecular weight is 324 g/mol. The first-order chi connectivity index (χ1) is 11.1. The highest BCUT2D eigenvalue weighted by Crippen LogP contribution is 2.42. The van der Waals surface area contributed by atoms with E-state index in [4.69, 9.17) is 5.84 Å². The first kappa shape index (κ1) is 18.2. The summed E-state index contributed by atoms with van der Waals surface area (Å²) in [4.78, 5) is 12.4. The molecule has 3 heteroatoms. The molecule has 0 atom stereocenters. The van der Waals surface area contributed by atoms with E-state index in [1.165, 1.54) is 11.1 Å². The molecule has 0 aromatic heterocycles. The Balaban J connectivity index is 2.97. The number of hydrazine groups is 1. The molecule has 0 radical (unpaired) electrons. The third-order valence-electron chi connectivity index (χ3n) is 4.20. The van der Waals surface area contributed by atoms with Gasteiger partial charge in [0.25, 0.3) is 5.91 Å². The lowest BCUT2D eigenvalue weighted by Gasteiger charge is -2.33. The van der Waals surface area contributed by atoms with Crippen LogP contribution in [-0.4, -0.2) is 5.91 Å². The summed E-state index contributed by atoms with van der Waals surface area (Å²) in [6, 6.07) is 14.0. The first-order valence-electron chi connectivity index (χ1n) is 8.31. The van der Waals surface area contributed by atoms with Gasteiger partial charge in [-0.2, -0.15) is 0 Å². The lowest BCUT2D eigenvalue weighted by atomic mass is 9.71. The highest BCUT2D eigenvalue weighted by Gasteiger charge is 2.30. The van der Waals surface area contributed by atoms with E-state index in [0.717, 1.165) is 11.1 Å². The SMILES string of the molecule is CC(C)(C)c1ccc(C(=O)NN)c(-c2ccccc2)c1C(C)(C)C. The number of rotatable bonds is 2. The number of nitrogens with two attached hydrogens (primary N) is 1. The monoisotopic (exact) mass is 324 g/mol. The van der Waals surface area contributed by atoms with Crippen molar-refractivity contribution in [3.8, 4) is 11.1 Å². The molecule has 0 saturated carbocycles. The largest absolute Gasteiger partial charge is 0.290 e. The molecule has 0 aliphatic heterocycles. The van der Waals surface area contributed by atoms with Crippen molar-refractivity contribution in [1.29, 1.82) is 0 Å². The Morgan fingerprint density at radius 1 is 0.875 bits per heavy atom. The van der Waals surface area contributed by atoms with Crippen LogP contribution in [0, 0.1) is 0 Å². The molecule has 0 bridgehead atoms. The van der Waals surface area contributed by atoms with Gasteiger partial charge in [0.15, 0.2) is 0 Å². The smallest absolute Gasteiger partial charge is 0.265 e. The molecule has 2 aromatic rings. The molecule has 0 unspecified atom stereocenters. The Morgan fingerprint density at radius 2 is 1.46 bits per heavy atom. The minimum absolute atomic E-state index is 0.0239. The van der Waals surface area contributed by atoms with Gasteiger partial charge in [-0.15, -0.1) is 0 Å². The second-order valence-corrected chi connectivity index (χ2v) is 8.25. The molecular weight excluding hydrogens is 296 g/mol. The van der Waals surface area contributed by atoms with Crippen LogP contribution in [0.3, 0.4) is 0 Å². The Bertz CT molecular complexity index is 735. The van der Waals surface area contributed by atoms with Crippen molar-refractivity contribution in [2.24, 2.45) is 5.84 Å². The van der Waals surface area contributed by atoms with Crippen molar-refractivity contribution in [2.75, 3.05) is 0 Å². The summed E-state index contributed by atoms with van der Waals surface area (Å²) in [6.45, 7) is 13.2. The average Bonchev–Trinajstić information content (AvgIpc) is 2.51. The topological polar surface area (TPSA) is 55.1 Å². The van der Waals surface area contributed by atoms with E-state index in [1.807, 2.05) is 36.4 Å². The van der Waals surface area contributed by atoms with Crippen molar-refractivity contribution in [1.82, 2.24) is 5.43 Å². The van der Waals surface area contributed by atoms with E-state index in [-0.39, 0.29) is 16.7 Å². The summed E-state index contributed by atoms with van der Waals surface area (Å²) in [6.07, 6.45) is 0. The predicted octanol–water partition coefficient (Wildman–Crippen LogP) is 4.55. The van der Waals surface area contributed by atoms with Gasteiger partial charge in [-0.1, -0.05) is 77.9 Å². The molecule has 0 spiro atoms. The Morgan fingerprint density at radius 3 is 1.92 bits per heavy atom. The van der Waals surface area contributed by atoms with Crippen LogP contribution in [0.2, 0.25) is 0 Å². The standard InChI is InChI=1S/C21H28N2O/c1-20(2,3)16-13-12-15(19(24)23-22)17(18(16)21(4,5)6)14-10-8-7-9-11-14/h7-13H,22H2,1-6H3,(H,23,24). The van der Waals surface area contributed by atoms with E-state index in [1.54, 1.807) is 0 Å². The molecule has 0 fully saturated rings. The second kappa shape index (κ2) is 6.40. The molecular formula is C21H28N2O. The highest BCUT2D eigenvalue weighted by atomic mass is 16.2. The molecule has 2 rings (SSSR count). The highest BCUT2D eigenvalue weighted by molar-refractivity contribution is 6.02. The molecule has 0 heterocycles. The maximum atomic E-state index is 12.4. The number of nitrogen functional groups attached to an aromatic ring is 1. The molecule has 1 amide bonds. The fourth-order valence-electron chi connectivity index (χ4n) is 3.18. The summed E-state index contributed by atoms with van der Waals surface area (Å²) in [7, 11) is 0. The second-order valence-electron chi connectivity index (χ2n) is 8.25. The normalized spacial score (nSPS) is 12.1. The number of nitrogens with one attached hydrogen (secondary N) is 1. The third kappa shape index (κ3) is 3.51. The predicted molar refractivity (Wildman–Crippen MR) is 101 cm³/mol. The minimum Gasteiger partial charge on any atom is -0.290 e. The number of benzene rings is 2. The van der Waals surface area contributed by atoms with Crippen LogP contribution in [0.1, 0.15) is 63.0 Å². The van der Waals surface area contributed by atoms with Crippen LogP contribution < -0.4 is 11.3 Å². The molecule has 0 aliphatic rings. The minimum atomic E-state index is -0.264. The van der Waals surface area contributed by atoms with E-state index in [9.17, 15) is 4.79 Å². The first-order valence-corrected chi connectivity index (χ1v) is 8.31. The molecule has 128 valence electrons. The zero-order valence-corrected chi connectivity index (χ0v) is 15.5. The van der Waals surface area contributed by atoms with Crippen LogP contribution in [-0.2, 0) is 10.8 Å². The van der Waals surface area contributed by atoms with Crippen molar-refractivity contribution < 1.29 is 4.79 Å². The summed E-state index contributed by atoms with van der Waals surface area (Å²) in [5.74, 6) is 5.17. The summed E-state index contributed by atoms with van der Waals surface area (Å²) in [5, 5.41) is 0. The fourth-order valence-corrected chi connectivity index (χ4v) is 3.18. The Kier molecular flexibility index (Phi) is 4.86. The van der Waals surface area contributed by atoms with Crippen molar-refractivity contribution in [2.45, 2.75) is 52.4 Å². The molecule has 0 saturated heterocycles. The molecule has 0 aliphatic carbocycles. The summed E-state index contributed by atoms with van der Waals surface area (Å²) in [5.41, 5.74) is 7.22. The number of hydrogen-bond acceptors (Lipinski definition) is 2. The summed E-state index contributed by atoms with van der Waals surface area (Å²) >= 11 is 0. The third-order valence-corrected chi connectivity index (χ3v) is 4.20. The van der Waals surface area contributed by atoms with Crippen molar-refractivity contribution >= 4 is 5.91 Å². The van der Waals surface area contributed by atoms with Crippen LogP contribution in [0.25, 0.3) is 11.1 Å². The van der Waals surface area contributed by atoms with Crippen molar-refractivity contribution in [3.63, 3.8) is 0 Å². The molecule has 24 heavy (non-hydrogen) atoms. The number of amides is 1. The Labute approximate surface area is 145 Å². The van der Waals surface area contributed by atoms with Gasteiger partial charge >= 0.3 is 0 Å². The quantitative estimate of drug-likeness (QED) is 0.483. The number of carbonyl (C=O) groups excluding carboxylic acids is 1. The van der Waals surface area contributed by atoms with Crippen LogP contribution in [0.15, 0.2) is 42.5 Å². The van der Waals surface area contributed by atoms with E-state index < -0.39 is 0 Å². The number of hydrogen-bond donors (Lipinski definition) is 2. The van der Waals surface area contributed by atoms with E-state index in [0.29, 0.717) is 5.56 Å². The molecule has 3 nitrogen and oxygen atoms in total. The number of carbonyl (C=O) groups is 1. The maximum Gasteiger partial charge on any atom is 0.265 e. The van der Waals surface area contributed by atoms with E-state index in [2.05, 4.69) is 53.0 Å². The van der Waals surface area contributed by atoms with Crippen molar-refractivity contribution in [3.05, 3.63) is 59.2 Å². The van der Waals surface area contributed by atoms with Gasteiger partial charge in [-0.05, 0) is 39.2 Å². The summed E-state index contributed by atoms with van der Waals surface area (Å²) < 4.78 is 0. The lowest BCUT2D eigenvalue weighted by molar-refractivity contribution is 0.0954. The maximum absolute atomic E-state index is 12.4. The Hall–Kier alpha value is -2.13. The van der Waals surface area contributed by atoms with E-state index >= 15 is 0 Å². The van der Waals surface area contributed by atoms with Crippen LogP contribution in [0.4, 0.5) is 0 Å². The van der Waals surface area contributed by atoms with Crippen LogP contribution in [0.5, 0.6) is 0 Å². The van der Waals surface area contributed by atoms with Gasteiger partial charge in [0, 0.05) is 5.56 Å².